The second-order valence-corrected chi connectivity index (χ2v) is 4.90. The van der Waals surface area contributed by atoms with Crippen LogP contribution < -0.4 is 4.74 Å². The first kappa shape index (κ1) is 17.0. The summed E-state index contributed by atoms with van der Waals surface area (Å²) in [5, 5.41) is 18.3. The lowest BCUT2D eigenvalue weighted by molar-refractivity contribution is -0.128. The summed E-state index contributed by atoms with van der Waals surface area (Å²) in [4.78, 5) is 23.0. The summed E-state index contributed by atoms with van der Waals surface area (Å²) in [6.45, 7) is 1.81. The SMILES string of the molecule is CC=Cc1ccc(C(=O)O)cc1OC(=O)C=Cc1ccc(O)cc1. The molecule has 0 fully saturated rings. The molecule has 5 heteroatoms. The van der Waals surface area contributed by atoms with Crippen LogP contribution in [-0.4, -0.2) is 22.2 Å². The monoisotopic (exact) mass is 324 g/mol. The zero-order valence-electron chi connectivity index (χ0n) is 13.0. The molecule has 2 N–H and O–H groups in total. The van der Waals surface area contributed by atoms with Crippen LogP contribution >= 0.6 is 0 Å². The summed E-state index contributed by atoms with van der Waals surface area (Å²) in [5.41, 5.74) is 1.36. The zero-order chi connectivity index (χ0) is 17.5. The molecule has 0 aliphatic heterocycles. The Morgan fingerprint density at radius 2 is 1.75 bits per heavy atom. The van der Waals surface area contributed by atoms with Crippen molar-refractivity contribution < 1.29 is 24.5 Å². The van der Waals surface area contributed by atoms with Crippen molar-refractivity contribution >= 4 is 24.1 Å². The van der Waals surface area contributed by atoms with Gasteiger partial charge in [0, 0.05) is 11.6 Å². The van der Waals surface area contributed by atoms with Gasteiger partial charge in [0.15, 0.2) is 0 Å². The molecule has 0 spiro atoms. The van der Waals surface area contributed by atoms with Crippen molar-refractivity contribution in [2.24, 2.45) is 0 Å². The van der Waals surface area contributed by atoms with E-state index in [4.69, 9.17) is 9.84 Å². The Morgan fingerprint density at radius 3 is 2.38 bits per heavy atom. The van der Waals surface area contributed by atoms with Gasteiger partial charge >= 0.3 is 11.9 Å². The first-order valence-electron chi connectivity index (χ1n) is 7.18. The van der Waals surface area contributed by atoms with E-state index in [-0.39, 0.29) is 17.1 Å². The van der Waals surface area contributed by atoms with Gasteiger partial charge in [-0.15, -0.1) is 0 Å². The van der Waals surface area contributed by atoms with E-state index in [0.29, 0.717) is 5.56 Å². The topological polar surface area (TPSA) is 83.8 Å². The summed E-state index contributed by atoms with van der Waals surface area (Å²) >= 11 is 0. The molecule has 0 atom stereocenters. The van der Waals surface area contributed by atoms with Crippen molar-refractivity contribution in [2.75, 3.05) is 0 Å². The van der Waals surface area contributed by atoms with E-state index in [2.05, 4.69) is 0 Å². The Balaban J connectivity index is 2.19. The molecule has 122 valence electrons. The predicted octanol–water partition coefficient (Wildman–Crippen LogP) is 3.74. The number of phenols is 1. The molecule has 0 amide bonds. The minimum atomic E-state index is -1.10. The lowest BCUT2D eigenvalue weighted by Gasteiger charge is -2.07. The molecule has 0 saturated carbocycles. The third-order valence-electron chi connectivity index (χ3n) is 3.12. The third kappa shape index (κ3) is 4.58. The van der Waals surface area contributed by atoms with Crippen molar-refractivity contribution in [2.45, 2.75) is 6.92 Å². The first-order chi connectivity index (χ1) is 11.5. The van der Waals surface area contributed by atoms with Crippen LogP contribution in [0.4, 0.5) is 0 Å². The van der Waals surface area contributed by atoms with E-state index in [0.717, 1.165) is 5.56 Å². The Kier molecular flexibility index (Phi) is 5.52. The van der Waals surface area contributed by atoms with Gasteiger partial charge in [-0.05, 0) is 42.8 Å². The molecular formula is C19H16O5. The molecule has 24 heavy (non-hydrogen) atoms. The average Bonchev–Trinajstić information content (AvgIpc) is 2.56. The normalized spacial score (nSPS) is 11.0. The van der Waals surface area contributed by atoms with E-state index in [1.54, 1.807) is 37.3 Å². The Labute approximate surface area is 139 Å². The highest BCUT2D eigenvalue weighted by Crippen LogP contribution is 2.23. The van der Waals surface area contributed by atoms with Crippen molar-refractivity contribution in [1.82, 2.24) is 0 Å². The van der Waals surface area contributed by atoms with Crippen LogP contribution in [0.1, 0.15) is 28.4 Å². The molecule has 5 nitrogen and oxygen atoms in total. The summed E-state index contributed by atoms with van der Waals surface area (Å²) in [6, 6.07) is 10.6. The van der Waals surface area contributed by atoms with Gasteiger partial charge in [0.05, 0.1) is 5.56 Å². The molecule has 0 heterocycles. The van der Waals surface area contributed by atoms with Crippen LogP contribution in [0.2, 0.25) is 0 Å². The quantitative estimate of drug-likeness (QED) is 0.497. The molecule has 0 aliphatic carbocycles. The van der Waals surface area contributed by atoms with Crippen molar-refractivity contribution in [3.8, 4) is 11.5 Å². The van der Waals surface area contributed by atoms with Crippen LogP contribution in [0.5, 0.6) is 11.5 Å². The number of hydrogen-bond donors (Lipinski definition) is 2. The standard InChI is InChI=1S/C19H16O5/c1-2-3-14-7-8-15(19(22)23)12-17(14)24-18(21)11-6-13-4-9-16(20)10-5-13/h2-12,20H,1H3,(H,22,23). The van der Waals surface area contributed by atoms with E-state index in [9.17, 15) is 14.7 Å². The van der Waals surface area contributed by atoms with E-state index in [1.807, 2.05) is 0 Å². The maximum absolute atomic E-state index is 12.0. The maximum Gasteiger partial charge on any atom is 0.336 e. The van der Waals surface area contributed by atoms with Crippen molar-refractivity contribution in [3.05, 3.63) is 71.3 Å². The molecular weight excluding hydrogens is 308 g/mol. The number of phenolic OH excluding ortho intramolecular Hbond substituents is 1. The van der Waals surface area contributed by atoms with E-state index >= 15 is 0 Å². The summed E-state index contributed by atoms with van der Waals surface area (Å²) in [5.74, 6) is -1.42. The third-order valence-corrected chi connectivity index (χ3v) is 3.12. The smallest absolute Gasteiger partial charge is 0.336 e. The number of benzene rings is 2. The molecule has 0 radical (unpaired) electrons. The van der Waals surface area contributed by atoms with Crippen molar-refractivity contribution in [1.29, 1.82) is 0 Å². The minimum absolute atomic E-state index is 0.0357. The fourth-order valence-corrected chi connectivity index (χ4v) is 1.97. The zero-order valence-corrected chi connectivity index (χ0v) is 13.0. The highest BCUT2D eigenvalue weighted by molar-refractivity contribution is 5.91. The van der Waals surface area contributed by atoms with Crippen LogP contribution in [0.15, 0.2) is 54.6 Å². The van der Waals surface area contributed by atoms with E-state index in [1.165, 1.54) is 36.4 Å². The largest absolute Gasteiger partial charge is 0.508 e. The Morgan fingerprint density at radius 1 is 1.04 bits per heavy atom. The molecule has 0 unspecified atom stereocenters. The Bertz CT molecular complexity index is 801. The number of carbonyl (C=O) groups is 2. The second kappa shape index (κ2) is 7.78. The van der Waals surface area contributed by atoms with Gasteiger partial charge in [0.1, 0.15) is 11.5 Å². The number of rotatable bonds is 5. The maximum atomic E-state index is 12.0. The second-order valence-electron chi connectivity index (χ2n) is 4.90. The van der Waals surface area contributed by atoms with Gasteiger partial charge in [0.2, 0.25) is 0 Å². The number of esters is 1. The molecule has 2 rings (SSSR count). The van der Waals surface area contributed by atoms with Gasteiger partial charge in [-0.2, -0.15) is 0 Å². The lowest BCUT2D eigenvalue weighted by Crippen LogP contribution is -2.06. The average molecular weight is 324 g/mol. The number of carbonyl (C=O) groups excluding carboxylic acids is 1. The van der Waals surface area contributed by atoms with Gasteiger partial charge in [-0.25, -0.2) is 9.59 Å². The Hall–Kier alpha value is -3.34. The van der Waals surface area contributed by atoms with Crippen LogP contribution in [0, 0.1) is 0 Å². The van der Waals surface area contributed by atoms with E-state index < -0.39 is 11.9 Å². The molecule has 0 saturated heterocycles. The molecule has 0 bridgehead atoms. The highest BCUT2D eigenvalue weighted by atomic mass is 16.5. The fraction of sp³-hybridized carbons (Fsp3) is 0.0526. The van der Waals surface area contributed by atoms with Crippen molar-refractivity contribution in [3.63, 3.8) is 0 Å². The summed E-state index contributed by atoms with van der Waals surface area (Å²) in [6.07, 6.45) is 6.26. The lowest BCUT2D eigenvalue weighted by atomic mass is 10.1. The number of carboxylic acids is 1. The molecule has 2 aromatic carbocycles. The highest BCUT2D eigenvalue weighted by Gasteiger charge is 2.10. The number of carboxylic acid groups (broad SMARTS) is 1. The van der Waals surface area contributed by atoms with Crippen LogP contribution in [-0.2, 0) is 4.79 Å². The summed E-state index contributed by atoms with van der Waals surface area (Å²) in [7, 11) is 0. The van der Waals surface area contributed by atoms with Gasteiger partial charge < -0.3 is 14.9 Å². The van der Waals surface area contributed by atoms with Gasteiger partial charge in [-0.1, -0.05) is 30.4 Å². The summed E-state index contributed by atoms with van der Waals surface area (Å²) < 4.78 is 5.24. The minimum Gasteiger partial charge on any atom is -0.508 e. The number of hydrogen-bond acceptors (Lipinski definition) is 4. The molecule has 2 aromatic rings. The number of aromatic hydroxyl groups is 1. The number of aromatic carboxylic acids is 1. The fourth-order valence-electron chi connectivity index (χ4n) is 1.97. The molecule has 0 aliphatic rings. The van der Waals surface area contributed by atoms with Crippen LogP contribution in [0.25, 0.3) is 12.2 Å². The van der Waals surface area contributed by atoms with Crippen LogP contribution in [0.3, 0.4) is 0 Å². The predicted molar refractivity (Wildman–Crippen MR) is 90.9 cm³/mol. The first-order valence-corrected chi connectivity index (χ1v) is 7.18. The number of allylic oxidation sites excluding steroid dienone is 1. The number of ether oxygens (including phenoxy) is 1. The molecule has 0 aromatic heterocycles. The van der Waals surface area contributed by atoms with Gasteiger partial charge in [0.25, 0.3) is 0 Å². The van der Waals surface area contributed by atoms with Gasteiger partial charge in [-0.3, -0.25) is 0 Å².